The second-order valence-electron chi connectivity index (χ2n) is 34.8. The Morgan fingerprint density at radius 1 is 0.172 bits per heavy atom. The van der Waals surface area contributed by atoms with Crippen LogP contribution in [0, 0.1) is 46.5 Å². The maximum atomic E-state index is 18.9. The van der Waals surface area contributed by atoms with Gasteiger partial charge in [-0.2, -0.15) is 0 Å². The topological polar surface area (TPSA) is 32.5 Å². The fourth-order valence-corrected chi connectivity index (χ4v) is 22.7. The number of rotatable bonds is 13. The van der Waals surface area contributed by atoms with Crippen molar-refractivity contribution in [1.29, 1.82) is 0 Å². The standard InChI is InChI=1S/C114H66B3F8N9/c118-86-47-25-48-87(119)111(86)131-96-65-98-84(63-82(96)115-80-45-23-43-78-76-41-19-21-55-94(76)129(109(78)80)100-57-73(59-102(131)106(100)115)126(67-29-7-1-8-30-67)68-31-9-2-10-32-68)117-85-64-83-97(66-99(85)134(114-92(124)53-28-54-93(114)125)105-62-75(128(71-37-15-5-16-38-71)72-39-17-6-18-40-72)61-104(108(105)117)133(98)113-90(122)51-27-52-91(113)123)132(112-88(120)49-26-50-89(112)121)103-60-74(127(69-33-11-3-12-34-69)70-35-13-4-14-36-70)58-101-107(103)116(83)81-46-24-44-79-77-42-20-22-56-95(77)130(101)110(79)81/h1-66H. The summed E-state index contributed by atoms with van der Waals surface area (Å²) in [5.74, 6) is -7.68. The quantitative estimate of drug-likeness (QED) is 0.0840. The molecule has 8 heterocycles. The van der Waals surface area contributed by atoms with Gasteiger partial charge in [0.2, 0.25) is 0 Å². The average molecular weight is 1750 g/mol. The molecule has 0 bridgehead atoms. The number of para-hydroxylation sites is 14. The molecule has 632 valence electrons. The smallest absolute Gasteiger partial charge is 0.252 e. The van der Waals surface area contributed by atoms with Crippen LogP contribution >= 0.6 is 0 Å². The van der Waals surface area contributed by atoms with Crippen molar-refractivity contribution in [2.75, 3.05) is 34.3 Å². The molecule has 19 aromatic carbocycles. The summed E-state index contributed by atoms with van der Waals surface area (Å²) in [6.45, 7) is -2.85. The predicted molar refractivity (Wildman–Crippen MR) is 532 cm³/mol. The molecule has 134 heavy (non-hydrogen) atoms. The Morgan fingerprint density at radius 2 is 0.388 bits per heavy atom. The highest BCUT2D eigenvalue weighted by atomic mass is 19.2. The molecule has 0 unspecified atom stereocenters. The number of hydrogen-bond donors (Lipinski definition) is 0. The zero-order chi connectivity index (χ0) is 89.3. The maximum Gasteiger partial charge on any atom is 0.252 e. The van der Waals surface area contributed by atoms with Gasteiger partial charge in [0.1, 0.15) is 69.3 Å². The first-order valence-corrected chi connectivity index (χ1v) is 44.5. The molecule has 6 aliphatic rings. The lowest BCUT2D eigenvalue weighted by molar-refractivity contribution is 0.585. The summed E-state index contributed by atoms with van der Waals surface area (Å²) >= 11 is 0. The average Bonchev–Trinajstić information content (AvgIpc) is 1.45. The lowest BCUT2D eigenvalue weighted by atomic mass is 9.29. The number of fused-ring (bicyclic) bond motifs is 18. The van der Waals surface area contributed by atoms with Crippen LogP contribution in [0.2, 0.25) is 0 Å². The third kappa shape index (κ3) is 11.0. The molecule has 6 aliphatic heterocycles. The van der Waals surface area contributed by atoms with Crippen molar-refractivity contribution in [3.8, 4) is 11.4 Å². The number of anilines is 21. The maximum absolute atomic E-state index is 18.9. The summed E-state index contributed by atoms with van der Waals surface area (Å²) < 4.78 is 155. The van der Waals surface area contributed by atoms with Crippen molar-refractivity contribution in [3.05, 3.63) is 447 Å². The van der Waals surface area contributed by atoms with Gasteiger partial charge < -0.3 is 43.4 Å². The van der Waals surface area contributed by atoms with E-state index >= 15 is 35.1 Å². The Morgan fingerprint density at radius 3 is 0.657 bits per heavy atom. The van der Waals surface area contributed by atoms with E-state index in [-0.39, 0.29) is 34.1 Å². The molecule has 0 saturated carbocycles. The van der Waals surface area contributed by atoms with Crippen molar-refractivity contribution < 1.29 is 35.1 Å². The van der Waals surface area contributed by atoms with Crippen LogP contribution < -0.4 is 83.5 Å². The summed E-state index contributed by atoms with van der Waals surface area (Å²) in [7, 11) is 0. The highest BCUT2D eigenvalue weighted by molar-refractivity contribution is 7.05. The molecule has 9 nitrogen and oxygen atoms in total. The summed E-state index contributed by atoms with van der Waals surface area (Å²) in [6, 6.07) is 122. The molecular formula is C114H66B3F8N9. The SMILES string of the molecule is Fc1cccc(F)c1N1c2cc3c(cc2B2c4cc5c(cc4N(c4c(F)cccc4F)c4cc(N(c6ccccc6)c6ccccc6)cc1c42)N(c1c(F)cccc1F)c1cc(N(c2ccccc2)c2ccccc2)cc2c1B5c1cccc4c5ccccc5n-2c14)B1c2c(cc(N(c4ccccc4)c4ccccc4)cc2-n2c4ccccc4c4cccc1c42)N3c1c(F)cccc1F. The van der Waals surface area contributed by atoms with Crippen LogP contribution in [-0.4, -0.2) is 29.3 Å². The lowest BCUT2D eigenvalue weighted by Gasteiger charge is -2.48. The van der Waals surface area contributed by atoms with Gasteiger partial charge in [-0.3, -0.25) is 0 Å². The van der Waals surface area contributed by atoms with Crippen LogP contribution in [0.4, 0.5) is 155 Å². The number of aromatic nitrogens is 2. The van der Waals surface area contributed by atoms with Crippen LogP contribution in [0.15, 0.2) is 400 Å². The molecule has 20 heteroatoms. The lowest BCUT2D eigenvalue weighted by Crippen LogP contribution is -2.66. The molecule has 0 spiro atoms. The van der Waals surface area contributed by atoms with Crippen LogP contribution in [0.25, 0.3) is 55.0 Å². The zero-order valence-corrected chi connectivity index (χ0v) is 70.9. The zero-order valence-electron chi connectivity index (χ0n) is 70.9. The fourth-order valence-electron chi connectivity index (χ4n) is 22.7. The van der Waals surface area contributed by atoms with Crippen LogP contribution in [0.5, 0.6) is 0 Å². The molecule has 0 saturated heterocycles. The van der Waals surface area contributed by atoms with Gasteiger partial charge in [-0.15, -0.1) is 0 Å². The van der Waals surface area contributed by atoms with Crippen LogP contribution in [-0.2, 0) is 0 Å². The summed E-state index contributed by atoms with van der Waals surface area (Å²) in [5, 5.41) is 3.74. The molecule has 0 radical (unpaired) electrons. The second kappa shape index (κ2) is 29.3. The van der Waals surface area contributed by atoms with Gasteiger partial charge in [-0.05, 0) is 231 Å². The Kier molecular flexibility index (Phi) is 16.8. The van der Waals surface area contributed by atoms with E-state index in [0.717, 1.165) is 77.3 Å². The van der Waals surface area contributed by atoms with Gasteiger partial charge in [0.25, 0.3) is 20.1 Å². The number of nitrogens with zero attached hydrogens (tertiary/aromatic N) is 9. The molecule has 0 atom stereocenters. The van der Waals surface area contributed by atoms with E-state index in [9.17, 15) is 0 Å². The fraction of sp³-hybridized carbons (Fsp3) is 0. The third-order valence-electron chi connectivity index (χ3n) is 27.8. The van der Waals surface area contributed by atoms with Gasteiger partial charge in [-0.25, -0.2) is 35.1 Å². The molecule has 0 amide bonds. The molecule has 27 rings (SSSR count). The minimum absolute atomic E-state index is 0.141. The highest BCUT2D eigenvalue weighted by Gasteiger charge is 2.53. The Balaban J connectivity index is 0.825. The Labute approximate surface area is 764 Å². The summed E-state index contributed by atoms with van der Waals surface area (Å²) in [4.78, 5) is 12.5. The Hall–Kier alpha value is -17.0. The molecule has 0 aliphatic carbocycles. The van der Waals surface area contributed by atoms with Crippen LogP contribution in [0.1, 0.15) is 0 Å². The minimum atomic E-state index is -1.19. The van der Waals surface area contributed by atoms with Crippen LogP contribution in [0.3, 0.4) is 0 Å². The van der Waals surface area contributed by atoms with E-state index in [2.05, 4.69) is 79.6 Å². The number of hydrogen-bond acceptors (Lipinski definition) is 7. The molecule has 0 N–H and O–H groups in total. The molecule has 2 aromatic heterocycles. The van der Waals surface area contributed by atoms with Gasteiger partial charge in [0.15, 0.2) is 0 Å². The predicted octanol–water partition coefficient (Wildman–Crippen LogP) is 24.7. The monoisotopic (exact) mass is 1750 g/mol. The Bertz CT molecular complexity index is 7940. The number of halogens is 8. The van der Waals surface area contributed by atoms with E-state index in [1.54, 1.807) is 9.80 Å². The summed E-state index contributed by atoms with van der Waals surface area (Å²) in [5.41, 5.74) is 15.8. The van der Waals surface area contributed by atoms with E-state index in [0.29, 0.717) is 89.4 Å². The number of benzene rings is 19. The van der Waals surface area contributed by atoms with E-state index in [1.165, 1.54) is 82.6 Å². The first kappa shape index (κ1) is 77.0. The second-order valence-corrected chi connectivity index (χ2v) is 34.8. The van der Waals surface area contributed by atoms with Crippen molar-refractivity contribution in [3.63, 3.8) is 0 Å². The first-order valence-electron chi connectivity index (χ1n) is 44.5. The normalized spacial score (nSPS) is 13.1. The summed E-state index contributed by atoms with van der Waals surface area (Å²) in [6.07, 6.45) is 0. The molecular weight excluding hydrogens is 1680 g/mol. The first-order chi connectivity index (χ1) is 65.9. The third-order valence-corrected chi connectivity index (χ3v) is 27.8. The van der Waals surface area contributed by atoms with Crippen molar-refractivity contribution in [2.24, 2.45) is 0 Å². The van der Waals surface area contributed by atoms with Gasteiger partial charge >= 0.3 is 0 Å². The van der Waals surface area contributed by atoms with Crippen molar-refractivity contribution in [2.45, 2.75) is 0 Å². The van der Waals surface area contributed by atoms with Gasteiger partial charge in [0, 0.05) is 124 Å². The highest BCUT2D eigenvalue weighted by Crippen LogP contribution is 2.56. The van der Waals surface area contributed by atoms with E-state index in [1.807, 2.05) is 272 Å². The minimum Gasteiger partial charge on any atom is -0.310 e. The van der Waals surface area contributed by atoms with E-state index < -0.39 is 89.4 Å². The van der Waals surface area contributed by atoms with Crippen molar-refractivity contribution >= 4 is 232 Å². The van der Waals surface area contributed by atoms with Crippen molar-refractivity contribution in [1.82, 2.24) is 9.13 Å². The molecule has 21 aromatic rings. The van der Waals surface area contributed by atoms with Gasteiger partial charge in [0.05, 0.1) is 28.1 Å². The van der Waals surface area contributed by atoms with Gasteiger partial charge in [-0.1, -0.05) is 218 Å². The van der Waals surface area contributed by atoms with E-state index in [4.69, 9.17) is 0 Å². The largest absolute Gasteiger partial charge is 0.310 e. The molecule has 0 fully saturated rings.